The minimum Gasteiger partial charge on any atom is -0.384 e. The largest absolute Gasteiger partial charge is 0.384 e. The Morgan fingerprint density at radius 1 is 1.50 bits per heavy atom. The quantitative estimate of drug-likeness (QED) is 0.828. The molecule has 0 aliphatic carbocycles. The van der Waals surface area contributed by atoms with E-state index in [0.29, 0.717) is 18.9 Å². The van der Waals surface area contributed by atoms with Crippen molar-refractivity contribution >= 4 is 17.4 Å². The first-order valence-electron chi connectivity index (χ1n) is 6.00. The molecular weight excluding hydrogens is 254 g/mol. The maximum atomic E-state index is 10.0. The highest BCUT2D eigenvalue weighted by molar-refractivity contribution is 6.28. The number of nitrogens with zero attached hydrogens (tertiary/aromatic N) is 3. The third kappa shape index (κ3) is 2.91. The number of hydrogen-bond acceptors (Lipinski definition) is 5. The second kappa shape index (κ2) is 4.99. The second-order valence-electron chi connectivity index (χ2n) is 5.06. The molecule has 2 rings (SSSR count). The molecule has 1 atom stereocenters. The number of rotatable bonds is 2. The lowest BCUT2D eigenvalue weighted by Crippen LogP contribution is -2.44. The number of halogens is 1. The van der Waals surface area contributed by atoms with E-state index in [2.05, 4.69) is 21.8 Å². The molecule has 0 saturated carbocycles. The Labute approximate surface area is 112 Å². The lowest BCUT2D eigenvalue weighted by Gasteiger charge is -2.34. The zero-order chi connectivity index (χ0) is 13.3. The van der Waals surface area contributed by atoms with Crippen LogP contribution in [0.15, 0.2) is 6.07 Å². The summed E-state index contributed by atoms with van der Waals surface area (Å²) in [5, 5.41) is 10.2. The van der Waals surface area contributed by atoms with E-state index in [1.54, 1.807) is 19.9 Å². The smallest absolute Gasteiger partial charge is 0.224 e. The predicted octanol–water partition coefficient (Wildman–Crippen LogP) is 1.58. The number of morpholine rings is 1. The first-order chi connectivity index (χ1) is 8.38. The molecule has 100 valence electrons. The van der Waals surface area contributed by atoms with Crippen molar-refractivity contribution in [1.82, 2.24) is 9.97 Å². The molecule has 0 radical (unpaired) electrons. The summed E-state index contributed by atoms with van der Waals surface area (Å²) in [5.41, 5.74) is -0.507. The summed E-state index contributed by atoms with van der Waals surface area (Å²) >= 11 is 5.93. The molecule has 1 aromatic rings. The van der Waals surface area contributed by atoms with Gasteiger partial charge in [0.15, 0.2) is 0 Å². The van der Waals surface area contributed by atoms with Crippen LogP contribution >= 0.6 is 11.6 Å². The third-order valence-corrected chi connectivity index (χ3v) is 3.14. The topological polar surface area (TPSA) is 58.5 Å². The van der Waals surface area contributed by atoms with Crippen LogP contribution in [0.3, 0.4) is 0 Å². The van der Waals surface area contributed by atoms with Crippen LogP contribution in [0.4, 0.5) is 5.82 Å². The highest BCUT2D eigenvalue weighted by Gasteiger charge is 2.25. The Bertz CT molecular complexity index is 434. The minimum absolute atomic E-state index is 0.156. The van der Waals surface area contributed by atoms with Gasteiger partial charge >= 0.3 is 0 Å². The molecular formula is C12H18ClN3O2. The summed E-state index contributed by atoms with van der Waals surface area (Å²) in [5.74, 6) is 0.739. The molecule has 1 N–H and O–H groups in total. The molecule has 1 aliphatic rings. The van der Waals surface area contributed by atoms with Crippen LogP contribution < -0.4 is 4.90 Å². The molecule has 0 unspecified atom stereocenters. The monoisotopic (exact) mass is 271 g/mol. The molecule has 1 aliphatic heterocycles. The van der Waals surface area contributed by atoms with Crippen molar-refractivity contribution in [3.63, 3.8) is 0 Å². The third-order valence-electron chi connectivity index (χ3n) is 2.97. The van der Waals surface area contributed by atoms with E-state index in [9.17, 15) is 5.11 Å². The SMILES string of the molecule is C[C@@H]1COCCN1c1cc(C(C)(C)O)nc(Cl)n1. The Hall–Kier alpha value is -0.910. The summed E-state index contributed by atoms with van der Waals surface area (Å²) < 4.78 is 5.39. The molecule has 18 heavy (non-hydrogen) atoms. The summed E-state index contributed by atoms with van der Waals surface area (Å²) in [4.78, 5) is 10.4. The van der Waals surface area contributed by atoms with Gasteiger partial charge in [-0.25, -0.2) is 9.97 Å². The van der Waals surface area contributed by atoms with E-state index in [1.807, 2.05) is 0 Å². The lowest BCUT2D eigenvalue weighted by molar-refractivity contribution is 0.0735. The van der Waals surface area contributed by atoms with Gasteiger partial charge in [-0.15, -0.1) is 0 Å². The van der Waals surface area contributed by atoms with Crippen LogP contribution in [0.1, 0.15) is 26.5 Å². The maximum absolute atomic E-state index is 10.0. The first kappa shape index (κ1) is 13.5. The zero-order valence-corrected chi connectivity index (χ0v) is 11.6. The van der Waals surface area contributed by atoms with Crippen LogP contribution in [0.25, 0.3) is 0 Å². The van der Waals surface area contributed by atoms with Gasteiger partial charge in [-0.3, -0.25) is 0 Å². The van der Waals surface area contributed by atoms with Crippen molar-refractivity contribution in [2.75, 3.05) is 24.7 Å². The van der Waals surface area contributed by atoms with E-state index in [0.717, 1.165) is 12.4 Å². The number of aliphatic hydroxyl groups is 1. The summed E-state index contributed by atoms with van der Waals surface area (Å²) in [6.45, 7) is 7.53. The Kier molecular flexibility index (Phi) is 3.75. The Morgan fingerprint density at radius 2 is 2.22 bits per heavy atom. The molecule has 1 saturated heterocycles. The minimum atomic E-state index is -1.03. The van der Waals surface area contributed by atoms with Gasteiger partial charge in [-0.1, -0.05) is 0 Å². The van der Waals surface area contributed by atoms with Gasteiger partial charge < -0.3 is 14.7 Å². The van der Waals surface area contributed by atoms with Gasteiger partial charge in [0.2, 0.25) is 5.28 Å². The van der Waals surface area contributed by atoms with Gasteiger partial charge in [0.1, 0.15) is 11.4 Å². The maximum Gasteiger partial charge on any atom is 0.224 e. The molecule has 0 spiro atoms. The van der Waals surface area contributed by atoms with Crippen molar-refractivity contribution in [2.24, 2.45) is 0 Å². The number of aromatic nitrogens is 2. The van der Waals surface area contributed by atoms with E-state index in [1.165, 1.54) is 0 Å². The second-order valence-corrected chi connectivity index (χ2v) is 5.39. The van der Waals surface area contributed by atoms with Gasteiger partial charge in [-0.05, 0) is 32.4 Å². The van der Waals surface area contributed by atoms with E-state index in [-0.39, 0.29) is 11.3 Å². The van der Waals surface area contributed by atoms with Crippen molar-refractivity contribution in [1.29, 1.82) is 0 Å². The van der Waals surface area contributed by atoms with Crippen LogP contribution in [0, 0.1) is 0 Å². The molecule has 0 aromatic carbocycles. The number of anilines is 1. The summed E-state index contributed by atoms with van der Waals surface area (Å²) in [7, 11) is 0. The molecule has 6 heteroatoms. The van der Waals surface area contributed by atoms with Crippen molar-refractivity contribution in [3.8, 4) is 0 Å². The highest BCUT2D eigenvalue weighted by atomic mass is 35.5. The van der Waals surface area contributed by atoms with Crippen molar-refractivity contribution in [2.45, 2.75) is 32.4 Å². The zero-order valence-electron chi connectivity index (χ0n) is 10.9. The van der Waals surface area contributed by atoms with Crippen LogP contribution in [0.2, 0.25) is 5.28 Å². The number of ether oxygens (including phenoxy) is 1. The molecule has 1 aromatic heterocycles. The highest BCUT2D eigenvalue weighted by Crippen LogP contribution is 2.25. The van der Waals surface area contributed by atoms with E-state index in [4.69, 9.17) is 16.3 Å². The normalized spacial score (nSPS) is 21.2. The average Bonchev–Trinajstić information content (AvgIpc) is 2.27. The fourth-order valence-corrected chi connectivity index (χ4v) is 2.11. The predicted molar refractivity (Wildman–Crippen MR) is 69.9 cm³/mol. The first-order valence-corrected chi connectivity index (χ1v) is 6.37. The Balaban J connectivity index is 2.35. The van der Waals surface area contributed by atoms with Crippen molar-refractivity contribution in [3.05, 3.63) is 17.0 Å². The van der Waals surface area contributed by atoms with Gasteiger partial charge in [-0.2, -0.15) is 0 Å². The molecule has 0 amide bonds. The van der Waals surface area contributed by atoms with E-state index >= 15 is 0 Å². The fraction of sp³-hybridized carbons (Fsp3) is 0.667. The standard InChI is InChI=1S/C12H18ClN3O2/c1-8-7-18-5-4-16(8)10-6-9(12(2,3)17)14-11(13)15-10/h6,8,17H,4-5,7H2,1-3H3/t8-/m1/s1. The Morgan fingerprint density at radius 3 is 2.83 bits per heavy atom. The van der Waals surface area contributed by atoms with Gasteiger partial charge in [0.05, 0.1) is 24.9 Å². The molecule has 5 nitrogen and oxygen atoms in total. The molecule has 1 fully saturated rings. The lowest BCUT2D eigenvalue weighted by atomic mass is 10.1. The molecule has 0 bridgehead atoms. The van der Waals surface area contributed by atoms with Gasteiger partial charge in [0.25, 0.3) is 0 Å². The van der Waals surface area contributed by atoms with Crippen LogP contribution in [0.5, 0.6) is 0 Å². The fourth-order valence-electron chi connectivity index (χ4n) is 1.93. The van der Waals surface area contributed by atoms with Crippen molar-refractivity contribution < 1.29 is 9.84 Å². The number of hydrogen-bond donors (Lipinski definition) is 1. The summed E-state index contributed by atoms with van der Waals surface area (Å²) in [6, 6.07) is 2.02. The summed E-state index contributed by atoms with van der Waals surface area (Å²) in [6.07, 6.45) is 0. The van der Waals surface area contributed by atoms with Crippen LogP contribution in [-0.2, 0) is 10.3 Å². The average molecular weight is 272 g/mol. The van der Waals surface area contributed by atoms with Crippen LogP contribution in [-0.4, -0.2) is 40.9 Å². The van der Waals surface area contributed by atoms with Gasteiger partial charge in [0, 0.05) is 12.6 Å². The molecule has 2 heterocycles. The van der Waals surface area contributed by atoms with E-state index < -0.39 is 5.60 Å².